The van der Waals surface area contributed by atoms with Crippen LogP contribution in [0.15, 0.2) is 47.8 Å². The van der Waals surface area contributed by atoms with E-state index >= 15 is 0 Å². The predicted octanol–water partition coefficient (Wildman–Crippen LogP) is 3.55. The summed E-state index contributed by atoms with van der Waals surface area (Å²) in [5.41, 5.74) is 2.53. The minimum Gasteiger partial charge on any atom is -0.409 e. The third kappa shape index (κ3) is 3.64. The number of ether oxygens (including phenoxy) is 2. The molecule has 0 radical (unpaired) electrons. The van der Waals surface area contributed by atoms with Crippen molar-refractivity contribution in [2.75, 3.05) is 31.2 Å². The molecule has 8 nitrogen and oxygen atoms in total. The fourth-order valence-electron chi connectivity index (χ4n) is 3.35. The standard InChI is InChI=1S/C20H17N5O3S.CH4/c26-13-28-17-12-29-20(22-17)25-19-15(18(23-25)14-4-2-1-3-5-14)6-7-16(21-19)24-8-10-27-11-9-24;/h1-7,12-13H,8-11H2;1H4. The van der Waals surface area contributed by atoms with Crippen LogP contribution in [0.2, 0.25) is 0 Å². The molecule has 0 bridgehead atoms. The normalized spacial score (nSPS) is 13.8. The molecule has 3 aromatic heterocycles. The second-order valence-corrected chi connectivity index (χ2v) is 7.29. The largest absolute Gasteiger partial charge is 0.409 e. The molecular weight excluding hydrogens is 402 g/mol. The lowest BCUT2D eigenvalue weighted by Gasteiger charge is -2.27. The maximum absolute atomic E-state index is 10.6. The van der Waals surface area contributed by atoms with Crippen LogP contribution in [0.3, 0.4) is 0 Å². The van der Waals surface area contributed by atoms with Gasteiger partial charge in [0.1, 0.15) is 11.5 Å². The average Bonchev–Trinajstić information content (AvgIpc) is 3.39. The highest BCUT2D eigenvalue weighted by Gasteiger charge is 2.20. The summed E-state index contributed by atoms with van der Waals surface area (Å²) in [6, 6.07) is 14.0. The first kappa shape index (κ1) is 20.0. The number of thiazole rings is 1. The number of pyridine rings is 1. The van der Waals surface area contributed by atoms with Gasteiger partial charge in [0.25, 0.3) is 6.47 Å². The van der Waals surface area contributed by atoms with Gasteiger partial charge in [-0.1, -0.05) is 49.1 Å². The molecule has 154 valence electrons. The second-order valence-electron chi connectivity index (χ2n) is 6.45. The van der Waals surface area contributed by atoms with E-state index in [9.17, 15) is 4.79 Å². The molecule has 0 saturated carbocycles. The molecule has 0 N–H and O–H groups in total. The maximum Gasteiger partial charge on any atom is 0.299 e. The zero-order valence-corrected chi connectivity index (χ0v) is 16.2. The Morgan fingerprint density at radius 3 is 2.63 bits per heavy atom. The second kappa shape index (κ2) is 8.60. The Morgan fingerprint density at radius 2 is 1.87 bits per heavy atom. The molecule has 4 aromatic rings. The van der Waals surface area contributed by atoms with Crippen LogP contribution < -0.4 is 9.64 Å². The fourth-order valence-corrected chi connectivity index (χ4v) is 4.03. The van der Waals surface area contributed by atoms with Gasteiger partial charge in [-0.05, 0) is 12.1 Å². The van der Waals surface area contributed by atoms with Gasteiger partial charge in [-0.2, -0.15) is 14.8 Å². The Morgan fingerprint density at radius 1 is 1.07 bits per heavy atom. The van der Waals surface area contributed by atoms with Crippen molar-refractivity contribution < 1.29 is 14.3 Å². The van der Waals surface area contributed by atoms with Crippen molar-refractivity contribution in [3.05, 3.63) is 47.8 Å². The zero-order chi connectivity index (χ0) is 19.6. The number of morpholine rings is 1. The van der Waals surface area contributed by atoms with Crippen LogP contribution in [0.5, 0.6) is 5.88 Å². The van der Waals surface area contributed by atoms with Crippen LogP contribution in [0.1, 0.15) is 7.43 Å². The van der Waals surface area contributed by atoms with Crippen LogP contribution in [-0.4, -0.2) is 52.5 Å². The SMILES string of the molecule is C.O=COc1csc(-n2nc(-c3ccccc3)c3ccc(N4CCOCC4)nc32)n1. The monoisotopic (exact) mass is 423 g/mol. The van der Waals surface area contributed by atoms with Crippen molar-refractivity contribution in [3.8, 4) is 22.3 Å². The number of carbonyl (C=O) groups is 1. The quantitative estimate of drug-likeness (QED) is 0.454. The lowest BCUT2D eigenvalue weighted by atomic mass is 10.1. The molecule has 0 atom stereocenters. The molecule has 30 heavy (non-hydrogen) atoms. The molecule has 1 aliphatic rings. The lowest BCUT2D eigenvalue weighted by Crippen LogP contribution is -2.36. The summed E-state index contributed by atoms with van der Waals surface area (Å²) in [5, 5.41) is 7.99. The van der Waals surface area contributed by atoms with Crippen molar-refractivity contribution in [2.24, 2.45) is 0 Å². The van der Waals surface area contributed by atoms with Crippen molar-refractivity contribution in [1.82, 2.24) is 19.7 Å². The topological polar surface area (TPSA) is 82.4 Å². The minimum atomic E-state index is 0. The van der Waals surface area contributed by atoms with E-state index in [1.165, 1.54) is 11.3 Å². The highest BCUT2D eigenvalue weighted by atomic mass is 32.1. The molecule has 0 amide bonds. The summed E-state index contributed by atoms with van der Waals surface area (Å²) in [5.74, 6) is 1.12. The number of hydrogen-bond acceptors (Lipinski definition) is 8. The van der Waals surface area contributed by atoms with Gasteiger partial charge in [0, 0.05) is 24.0 Å². The Kier molecular flexibility index (Phi) is 5.73. The summed E-state index contributed by atoms with van der Waals surface area (Å²) in [6.45, 7) is 3.34. The van der Waals surface area contributed by atoms with Crippen molar-refractivity contribution >= 4 is 34.7 Å². The van der Waals surface area contributed by atoms with E-state index in [1.807, 2.05) is 36.4 Å². The van der Waals surface area contributed by atoms with Gasteiger partial charge in [-0.15, -0.1) is 0 Å². The molecule has 1 saturated heterocycles. The smallest absolute Gasteiger partial charge is 0.299 e. The molecule has 5 rings (SSSR count). The Labute approximate surface area is 177 Å². The maximum atomic E-state index is 10.6. The Bertz CT molecular complexity index is 1150. The number of nitrogens with zero attached hydrogens (tertiary/aromatic N) is 5. The predicted molar refractivity (Wildman–Crippen MR) is 116 cm³/mol. The highest BCUT2D eigenvalue weighted by Crippen LogP contribution is 2.32. The third-order valence-corrected chi connectivity index (χ3v) is 5.51. The minimum absolute atomic E-state index is 0. The van der Waals surface area contributed by atoms with Gasteiger partial charge < -0.3 is 14.4 Å². The average molecular weight is 423 g/mol. The summed E-state index contributed by atoms with van der Waals surface area (Å²) >= 11 is 1.34. The number of hydrogen-bond donors (Lipinski definition) is 0. The first-order valence-corrected chi connectivity index (χ1v) is 10.1. The van der Waals surface area contributed by atoms with Crippen molar-refractivity contribution in [1.29, 1.82) is 0 Å². The summed E-state index contributed by atoms with van der Waals surface area (Å²) in [4.78, 5) is 22.1. The van der Waals surface area contributed by atoms with E-state index in [0.29, 0.717) is 30.5 Å². The first-order valence-electron chi connectivity index (χ1n) is 9.17. The number of benzene rings is 1. The molecule has 1 fully saturated rings. The zero-order valence-electron chi connectivity index (χ0n) is 15.4. The van der Waals surface area contributed by atoms with E-state index in [-0.39, 0.29) is 13.3 Å². The number of fused-ring (bicyclic) bond motifs is 1. The van der Waals surface area contributed by atoms with E-state index in [4.69, 9.17) is 19.6 Å². The van der Waals surface area contributed by atoms with Gasteiger partial charge >= 0.3 is 0 Å². The molecule has 0 spiro atoms. The molecular formula is C21H21N5O3S. The van der Waals surface area contributed by atoms with Gasteiger partial charge in [-0.3, -0.25) is 4.79 Å². The molecule has 0 aliphatic carbocycles. The lowest BCUT2D eigenvalue weighted by molar-refractivity contribution is -0.120. The number of carbonyl (C=O) groups excluding carboxylic acids is 1. The van der Waals surface area contributed by atoms with Crippen LogP contribution >= 0.6 is 11.3 Å². The van der Waals surface area contributed by atoms with Gasteiger partial charge in [-0.25, -0.2) is 4.98 Å². The molecule has 0 unspecified atom stereocenters. The fraction of sp³-hybridized carbons (Fsp3) is 0.238. The molecule has 1 aliphatic heterocycles. The van der Waals surface area contributed by atoms with Crippen molar-refractivity contribution in [2.45, 2.75) is 7.43 Å². The van der Waals surface area contributed by atoms with Crippen LogP contribution in [0, 0.1) is 0 Å². The summed E-state index contributed by atoms with van der Waals surface area (Å²) in [7, 11) is 0. The van der Waals surface area contributed by atoms with Crippen molar-refractivity contribution in [3.63, 3.8) is 0 Å². The van der Waals surface area contributed by atoms with E-state index in [1.54, 1.807) is 10.1 Å². The molecule has 4 heterocycles. The number of rotatable bonds is 5. The number of anilines is 1. The van der Waals surface area contributed by atoms with Gasteiger partial charge in [0.15, 0.2) is 5.65 Å². The first-order chi connectivity index (χ1) is 14.3. The van der Waals surface area contributed by atoms with Gasteiger partial charge in [0.05, 0.1) is 18.6 Å². The van der Waals surface area contributed by atoms with Crippen LogP contribution in [0.25, 0.3) is 27.4 Å². The molecule has 1 aromatic carbocycles. The van der Waals surface area contributed by atoms with E-state index in [0.717, 1.165) is 35.6 Å². The van der Waals surface area contributed by atoms with Crippen LogP contribution in [-0.2, 0) is 9.53 Å². The number of aromatic nitrogens is 4. The van der Waals surface area contributed by atoms with Crippen LogP contribution in [0.4, 0.5) is 5.82 Å². The molecule has 9 heteroatoms. The summed E-state index contributed by atoms with van der Waals surface area (Å²) < 4.78 is 12.0. The van der Waals surface area contributed by atoms with Gasteiger partial charge in [0.2, 0.25) is 11.0 Å². The Hall–Kier alpha value is -3.30. The summed E-state index contributed by atoms with van der Waals surface area (Å²) in [6.07, 6.45) is 0. The highest BCUT2D eigenvalue weighted by molar-refractivity contribution is 7.12. The van der Waals surface area contributed by atoms with E-state index < -0.39 is 0 Å². The Balaban J connectivity index is 0.00000218. The third-order valence-electron chi connectivity index (χ3n) is 4.72. The van der Waals surface area contributed by atoms with E-state index in [2.05, 4.69) is 16.0 Å².